The van der Waals surface area contributed by atoms with Crippen LogP contribution in [0.2, 0.25) is 5.02 Å². The van der Waals surface area contributed by atoms with Crippen molar-refractivity contribution in [2.24, 2.45) is 0 Å². The van der Waals surface area contributed by atoms with Gasteiger partial charge in [-0.15, -0.1) is 0 Å². The Labute approximate surface area is 129 Å². The van der Waals surface area contributed by atoms with Crippen LogP contribution >= 0.6 is 11.6 Å². The van der Waals surface area contributed by atoms with E-state index in [0.717, 1.165) is 11.3 Å². The van der Waals surface area contributed by atoms with Crippen molar-refractivity contribution in [3.8, 4) is 5.75 Å². The summed E-state index contributed by atoms with van der Waals surface area (Å²) >= 11 is 5.96. The van der Waals surface area contributed by atoms with E-state index in [-0.39, 0.29) is 12.5 Å². The van der Waals surface area contributed by atoms with Crippen LogP contribution in [0.4, 0.5) is 5.69 Å². The van der Waals surface area contributed by atoms with Crippen molar-refractivity contribution in [3.05, 3.63) is 59.1 Å². The number of anilines is 1. The van der Waals surface area contributed by atoms with E-state index in [1.54, 1.807) is 12.1 Å². The Balaban J connectivity index is 1.95. The van der Waals surface area contributed by atoms with Gasteiger partial charge in [0, 0.05) is 22.8 Å². The molecule has 0 aliphatic carbocycles. The Hall–Kier alpha value is -2.04. The monoisotopic (exact) mass is 304 g/mol. The molecule has 0 unspecified atom stereocenters. The van der Waals surface area contributed by atoms with E-state index >= 15 is 0 Å². The zero-order valence-electron chi connectivity index (χ0n) is 11.7. The SMILES string of the molecule is CNCc1cc(Cl)ccc1OCC(=O)Nc1ccccc1. The molecule has 0 radical (unpaired) electrons. The number of ether oxygens (including phenoxy) is 1. The first-order valence-corrected chi connectivity index (χ1v) is 6.97. The first-order chi connectivity index (χ1) is 10.2. The molecule has 0 bridgehead atoms. The van der Waals surface area contributed by atoms with Crippen LogP contribution in [-0.2, 0) is 11.3 Å². The lowest BCUT2D eigenvalue weighted by molar-refractivity contribution is -0.118. The van der Waals surface area contributed by atoms with Crippen molar-refractivity contribution in [2.45, 2.75) is 6.54 Å². The minimum atomic E-state index is -0.202. The maximum absolute atomic E-state index is 11.8. The van der Waals surface area contributed by atoms with Gasteiger partial charge in [-0.05, 0) is 37.4 Å². The summed E-state index contributed by atoms with van der Waals surface area (Å²) in [6, 6.07) is 14.6. The maximum atomic E-state index is 11.8. The summed E-state index contributed by atoms with van der Waals surface area (Å²) in [7, 11) is 1.84. The fraction of sp³-hybridized carbons (Fsp3) is 0.188. The predicted molar refractivity (Wildman–Crippen MR) is 84.8 cm³/mol. The molecule has 0 aromatic heterocycles. The van der Waals surface area contributed by atoms with Crippen molar-refractivity contribution in [3.63, 3.8) is 0 Å². The highest BCUT2D eigenvalue weighted by molar-refractivity contribution is 6.30. The number of carbonyl (C=O) groups is 1. The standard InChI is InChI=1S/C16H17ClN2O2/c1-18-10-12-9-13(17)7-8-15(12)21-11-16(20)19-14-5-3-2-4-6-14/h2-9,18H,10-11H2,1H3,(H,19,20). The minimum Gasteiger partial charge on any atom is -0.483 e. The van der Waals surface area contributed by atoms with E-state index in [0.29, 0.717) is 17.3 Å². The van der Waals surface area contributed by atoms with Crippen LogP contribution in [0.1, 0.15) is 5.56 Å². The molecule has 2 rings (SSSR count). The van der Waals surface area contributed by atoms with Gasteiger partial charge in [-0.25, -0.2) is 0 Å². The highest BCUT2D eigenvalue weighted by Crippen LogP contribution is 2.22. The number of para-hydroxylation sites is 1. The molecule has 0 heterocycles. The summed E-state index contributed by atoms with van der Waals surface area (Å²) in [6.45, 7) is 0.573. The minimum absolute atomic E-state index is 0.0484. The molecule has 5 heteroatoms. The smallest absolute Gasteiger partial charge is 0.262 e. The largest absolute Gasteiger partial charge is 0.483 e. The molecule has 2 N–H and O–H groups in total. The third kappa shape index (κ3) is 4.77. The molecule has 0 atom stereocenters. The maximum Gasteiger partial charge on any atom is 0.262 e. The quantitative estimate of drug-likeness (QED) is 0.862. The van der Waals surface area contributed by atoms with Gasteiger partial charge in [-0.3, -0.25) is 4.79 Å². The number of benzene rings is 2. The lowest BCUT2D eigenvalue weighted by Crippen LogP contribution is -2.20. The topological polar surface area (TPSA) is 50.4 Å². The summed E-state index contributed by atoms with van der Waals surface area (Å²) in [6.07, 6.45) is 0. The highest BCUT2D eigenvalue weighted by Gasteiger charge is 2.07. The summed E-state index contributed by atoms with van der Waals surface area (Å²) in [5.74, 6) is 0.448. The Bertz CT molecular complexity index is 602. The van der Waals surface area contributed by atoms with Gasteiger partial charge in [-0.2, -0.15) is 0 Å². The van der Waals surface area contributed by atoms with Crippen molar-refractivity contribution >= 4 is 23.2 Å². The van der Waals surface area contributed by atoms with Crippen LogP contribution in [-0.4, -0.2) is 19.6 Å². The lowest BCUT2D eigenvalue weighted by atomic mass is 10.2. The second-order valence-corrected chi connectivity index (χ2v) is 4.92. The van der Waals surface area contributed by atoms with Gasteiger partial charge in [-0.1, -0.05) is 29.8 Å². The Kier molecular flexibility index (Phi) is 5.60. The van der Waals surface area contributed by atoms with Crippen molar-refractivity contribution < 1.29 is 9.53 Å². The molecular formula is C16H17ClN2O2. The third-order valence-corrected chi connectivity index (χ3v) is 3.04. The Morgan fingerprint density at radius 2 is 1.95 bits per heavy atom. The molecule has 2 aromatic rings. The van der Waals surface area contributed by atoms with Crippen LogP contribution in [0, 0.1) is 0 Å². The number of carbonyl (C=O) groups excluding carboxylic acids is 1. The molecule has 0 spiro atoms. The number of hydrogen-bond acceptors (Lipinski definition) is 3. The third-order valence-electron chi connectivity index (χ3n) is 2.81. The molecule has 2 aromatic carbocycles. The summed E-state index contributed by atoms with van der Waals surface area (Å²) in [5, 5.41) is 6.45. The number of halogens is 1. The van der Waals surface area contributed by atoms with Gasteiger partial charge >= 0.3 is 0 Å². The lowest BCUT2D eigenvalue weighted by Gasteiger charge is -2.12. The van der Waals surface area contributed by atoms with E-state index in [1.807, 2.05) is 43.4 Å². The molecular weight excluding hydrogens is 288 g/mol. The zero-order chi connectivity index (χ0) is 15.1. The molecule has 1 amide bonds. The molecule has 4 nitrogen and oxygen atoms in total. The van der Waals surface area contributed by atoms with Crippen LogP contribution in [0.3, 0.4) is 0 Å². The fourth-order valence-corrected chi connectivity index (χ4v) is 2.07. The van der Waals surface area contributed by atoms with Gasteiger partial charge in [0.1, 0.15) is 5.75 Å². The van der Waals surface area contributed by atoms with E-state index in [2.05, 4.69) is 10.6 Å². The van der Waals surface area contributed by atoms with Crippen LogP contribution in [0.25, 0.3) is 0 Å². The Morgan fingerprint density at radius 1 is 1.19 bits per heavy atom. The van der Waals surface area contributed by atoms with E-state index in [1.165, 1.54) is 0 Å². The number of rotatable bonds is 6. The fourth-order valence-electron chi connectivity index (χ4n) is 1.88. The molecule has 0 saturated heterocycles. The predicted octanol–water partition coefficient (Wildman–Crippen LogP) is 3.08. The second kappa shape index (κ2) is 7.67. The van der Waals surface area contributed by atoms with Gasteiger partial charge in [0.05, 0.1) is 0 Å². The van der Waals surface area contributed by atoms with Crippen molar-refractivity contribution in [2.75, 3.05) is 19.0 Å². The Morgan fingerprint density at radius 3 is 2.67 bits per heavy atom. The van der Waals surface area contributed by atoms with Gasteiger partial charge < -0.3 is 15.4 Å². The van der Waals surface area contributed by atoms with E-state index in [9.17, 15) is 4.79 Å². The van der Waals surface area contributed by atoms with Crippen LogP contribution in [0.5, 0.6) is 5.75 Å². The molecule has 0 fully saturated rings. The van der Waals surface area contributed by atoms with Gasteiger partial charge in [0.25, 0.3) is 5.91 Å². The molecule has 21 heavy (non-hydrogen) atoms. The summed E-state index contributed by atoms with van der Waals surface area (Å²) in [4.78, 5) is 11.8. The summed E-state index contributed by atoms with van der Waals surface area (Å²) in [5.41, 5.74) is 1.66. The summed E-state index contributed by atoms with van der Waals surface area (Å²) < 4.78 is 5.57. The van der Waals surface area contributed by atoms with E-state index in [4.69, 9.17) is 16.3 Å². The van der Waals surface area contributed by atoms with Gasteiger partial charge in [0.15, 0.2) is 6.61 Å². The van der Waals surface area contributed by atoms with E-state index < -0.39 is 0 Å². The van der Waals surface area contributed by atoms with Crippen molar-refractivity contribution in [1.29, 1.82) is 0 Å². The first kappa shape index (κ1) is 15.4. The molecule has 110 valence electrons. The van der Waals surface area contributed by atoms with Crippen molar-refractivity contribution in [1.82, 2.24) is 5.32 Å². The number of hydrogen-bond donors (Lipinski definition) is 2. The second-order valence-electron chi connectivity index (χ2n) is 4.49. The average Bonchev–Trinajstić information content (AvgIpc) is 2.48. The number of nitrogens with one attached hydrogen (secondary N) is 2. The molecule has 0 aliphatic rings. The van der Waals surface area contributed by atoms with Crippen LogP contribution in [0.15, 0.2) is 48.5 Å². The van der Waals surface area contributed by atoms with Gasteiger partial charge in [0.2, 0.25) is 0 Å². The molecule has 0 aliphatic heterocycles. The highest BCUT2D eigenvalue weighted by atomic mass is 35.5. The first-order valence-electron chi connectivity index (χ1n) is 6.60. The van der Waals surface area contributed by atoms with Crippen LogP contribution < -0.4 is 15.4 Å². The number of amides is 1. The normalized spacial score (nSPS) is 10.2. The zero-order valence-corrected chi connectivity index (χ0v) is 12.5. The average molecular weight is 305 g/mol. The molecule has 0 saturated carbocycles.